The van der Waals surface area contributed by atoms with Gasteiger partial charge in [-0.25, -0.2) is 0 Å². The molecule has 0 aliphatic carbocycles. The van der Waals surface area contributed by atoms with Crippen LogP contribution in [0.4, 0.5) is 13.2 Å². The van der Waals surface area contributed by atoms with Crippen LogP contribution in [0.15, 0.2) is 29.2 Å². The molecule has 4 nitrogen and oxygen atoms in total. The van der Waals surface area contributed by atoms with E-state index in [2.05, 4.69) is 4.74 Å². The molecular formula is C8H7F3O4S. The van der Waals surface area contributed by atoms with Crippen molar-refractivity contribution < 1.29 is 30.9 Å². The quantitative estimate of drug-likeness (QED) is 0.838. The average molecular weight is 256 g/mol. The first-order valence-electron chi connectivity index (χ1n) is 3.95. The van der Waals surface area contributed by atoms with E-state index < -0.39 is 27.8 Å². The molecule has 1 aromatic carbocycles. The van der Waals surface area contributed by atoms with Crippen molar-refractivity contribution in [3.63, 3.8) is 0 Å². The van der Waals surface area contributed by atoms with Gasteiger partial charge >= 0.3 is 6.18 Å². The SMILES string of the molecule is O=S(=O)(O)c1ccc(OCC(F)(F)F)cc1. The van der Waals surface area contributed by atoms with Gasteiger partial charge in [0.25, 0.3) is 10.1 Å². The third kappa shape index (κ3) is 4.07. The van der Waals surface area contributed by atoms with Crippen molar-refractivity contribution in [2.75, 3.05) is 6.61 Å². The highest BCUT2D eigenvalue weighted by Crippen LogP contribution is 2.19. The van der Waals surface area contributed by atoms with Crippen molar-refractivity contribution in [3.05, 3.63) is 24.3 Å². The molecule has 0 aliphatic rings. The van der Waals surface area contributed by atoms with E-state index >= 15 is 0 Å². The van der Waals surface area contributed by atoms with E-state index in [1.165, 1.54) is 0 Å². The Morgan fingerprint density at radius 1 is 1.19 bits per heavy atom. The third-order valence-electron chi connectivity index (χ3n) is 1.52. The van der Waals surface area contributed by atoms with E-state index in [-0.39, 0.29) is 5.75 Å². The summed E-state index contributed by atoms with van der Waals surface area (Å²) in [6.07, 6.45) is -4.46. The van der Waals surface area contributed by atoms with Crippen molar-refractivity contribution in [1.29, 1.82) is 0 Å². The lowest BCUT2D eigenvalue weighted by atomic mass is 10.3. The lowest BCUT2D eigenvalue weighted by Gasteiger charge is -2.08. The van der Waals surface area contributed by atoms with Gasteiger partial charge in [-0.3, -0.25) is 4.55 Å². The summed E-state index contributed by atoms with van der Waals surface area (Å²) in [5.74, 6) is -0.135. The van der Waals surface area contributed by atoms with Crippen molar-refractivity contribution in [2.24, 2.45) is 0 Å². The summed E-state index contributed by atoms with van der Waals surface area (Å²) in [7, 11) is -4.34. The number of benzene rings is 1. The standard InChI is InChI=1S/C8H7F3O4S/c9-8(10,11)5-15-6-1-3-7(4-2-6)16(12,13)14/h1-4H,5H2,(H,12,13,14). The minimum Gasteiger partial charge on any atom is -0.484 e. The molecule has 0 bridgehead atoms. The molecule has 8 heteroatoms. The molecule has 0 spiro atoms. The molecule has 0 atom stereocenters. The highest BCUT2D eigenvalue weighted by atomic mass is 32.2. The van der Waals surface area contributed by atoms with Crippen LogP contribution in [0.3, 0.4) is 0 Å². The van der Waals surface area contributed by atoms with Crippen molar-refractivity contribution in [2.45, 2.75) is 11.1 Å². The lowest BCUT2D eigenvalue weighted by Crippen LogP contribution is -2.19. The van der Waals surface area contributed by atoms with E-state index in [9.17, 15) is 21.6 Å². The second-order valence-corrected chi connectivity index (χ2v) is 4.27. The van der Waals surface area contributed by atoms with Crippen LogP contribution in [0.25, 0.3) is 0 Å². The Kier molecular flexibility index (Phi) is 3.44. The Morgan fingerprint density at radius 3 is 2.06 bits per heavy atom. The van der Waals surface area contributed by atoms with Gasteiger partial charge in [0.2, 0.25) is 0 Å². The highest BCUT2D eigenvalue weighted by molar-refractivity contribution is 7.85. The summed E-state index contributed by atoms with van der Waals surface area (Å²) in [5, 5.41) is 0. The molecule has 0 saturated carbocycles. The molecule has 1 N–H and O–H groups in total. The summed E-state index contributed by atoms with van der Waals surface area (Å²) in [6, 6.07) is 3.94. The molecular weight excluding hydrogens is 249 g/mol. The van der Waals surface area contributed by atoms with E-state index in [1.54, 1.807) is 0 Å². The van der Waals surface area contributed by atoms with Gasteiger partial charge in [-0.15, -0.1) is 0 Å². The van der Waals surface area contributed by atoms with Crippen LogP contribution >= 0.6 is 0 Å². The van der Waals surface area contributed by atoms with Crippen molar-refractivity contribution >= 4 is 10.1 Å². The molecule has 1 rings (SSSR count). The summed E-state index contributed by atoms with van der Waals surface area (Å²) in [5.41, 5.74) is 0. The van der Waals surface area contributed by atoms with E-state index in [4.69, 9.17) is 4.55 Å². The lowest BCUT2D eigenvalue weighted by molar-refractivity contribution is -0.153. The van der Waals surface area contributed by atoms with Crippen molar-refractivity contribution in [3.8, 4) is 5.75 Å². The second kappa shape index (κ2) is 4.30. The highest BCUT2D eigenvalue weighted by Gasteiger charge is 2.28. The second-order valence-electron chi connectivity index (χ2n) is 2.85. The predicted molar refractivity (Wildman–Crippen MR) is 47.8 cm³/mol. The van der Waals surface area contributed by atoms with Crippen LogP contribution in [0.1, 0.15) is 0 Å². The largest absolute Gasteiger partial charge is 0.484 e. The third-order valence-corrected chi connectivity index (χ3v) is 2.39. The fraction of sp³-hybridized carbons (Fsp3) is 0.250. The van der Waals surface area contributed by atoms with Gasteiger partial charge < -0.3 is 4.74 Å². The number of hydrogen-bond donors (Lipinski definition) is 1. The number of hydrogen-bond acceptors (Lipinski definition) is 3. The molecule has 90 valence electrons. The monoisotopic (exact) mass is 256 g/mol. The zero-order valence-electron chi connectivity index (χ0n) is 7.73. The van der Waals surface area contributed by atoms with Crippen LogP contribution in [0, 0.1) is 0 Å². The first-order chi connectivity index (χ1) is 7.18. The minimum absolute atomic E-state index is 0.135. The van der Waals surface area contributed by atoms with Crippen LogP contribution in [0.5, 0.6) is 5.75 Å². The fourth-order valence-electron chi connectivity index (χ4n) is 0.873. The van der Waals surface area contributed by atoms with Gasteiger partial charge in [0.1, 0.15) is 5.75 Å². The Hall–Kier alpha value is -1.28. The maximum Gasteiger partial charge on any atom is 0.422 e. The van der Waals surface area contributed by atoms with Crippen LogP contribution < -0.4 is 4.74 Å². The Morgan fingerprint density at radius 2 is 1.69 bits per heavy atom. The average Bonchev–Trinajstić information content (AvgIpc) is 2.13. The van der Waals surface area contributed by atoms with Crippen LogP contribution in [0.2, 0.25) is 0 Å². The van der Waals surface area contributed by atoms with Gasteiger partial charge in [-0.1, -0.05) is 0 Å². The van der Waals surface area contributed by atoms with Gasteiger partial charge in [0.15, 0.2) is 6.61 Å². The van der Waals surface area contributed by atoms with Gasteiger partial charge in [0.05, 0.1) is 4.90 Å². The molecule has 0 aromatic heterocycles. The molecule has 0 saturated heterocycles. The number of alkyl halides is 3. The molecule has 0 fully saturated rings. The van der Waals surface area contributed by atoms with Crippen molar-refractivity contribution in [1.82, 2.24) is 0 Å². The molecule has 0 amide bonds. The predicted octanol–water partition coefficient (Wildman–Crippen LogP) is 1.87. The molecule has 0 radical (unpaired) electrons. The number of halogens is 3. The smallest absolute Gasteiger partial charge is 0.422 e. The molecule has 0 aliphatic heterocycles. The maximum absolute atomic E-state index is 11.7. The maximum atomic E-state index is 11.7. The fourth-order valence-corrected chi connectivity index (χ4v) is 1.35. The van der Waals surface area contributed by atoms with Gasteiger partial charge in [-0.2, -0.15) is 21.6 Å². The first kappa shape index (κ1) is 12.8. The molecule has 16 heavy (non-hydrogen) atoms. The summed E-state index contributed by atoms with van der Waals surface area (Å²) >= 11 is 0. The number of ether oxygens (including phenoxy) is 1. The zero-order chi connectivity index (χ0) is 12.4. The molecule has 0 heterocycles. The minimum atomic E-state index is -4.46. The van der Waals surface area contributed by atoms with Gasteiger partial charge in [0, 0.05) is 0 Å². The van der Waals surface area contributed by atoms with Crippen LogP contribution in [-0.4, -0.2) is 25.8 Å². The first-order valence-corrected chi connectivity index (χ1v) is 5.39. The van der Waals surface area contributed by atoms with E-state index in [0.717, 1.165) is 24.3 Å². The topological polar surface area (TPSA) is 63.6 Å². The van der Waals surface area contributed by atoms with E-state index in [0.29, 0.717) is 0 Å². The number of rotatable bonds is 3. The normalized spacial score (nSPS) is 12.5. The zero-order valence-corrected chi connectivity index (χ0v) is 8.55. The van der Waals surface area contributed by atoms with Crippen LogP contribution in [-0.2, 0) is 10.1 Å². The Bertz CT molecular complexity index is 449. The molecule has 1 aromatic rings. The molecule has 0 unspecified atom stereocenters. The van der Waals surface area contributed by atoms with Gasteiger partial charge in [-0.05, 0) is 24.3 Å². The summed E-state index contributed by atoms with van der Waals surface area (Å²) < 4.78 is 69.4. The Balaban J connectivity index is 2.73. The summed E-state index contributed by atoms with van der Waals surface area (Å²) in [4.78, 5) is -0.410. The van der Waals surface area contributed by atoms with E-state index in [1.807, 2.05) is 0 Å². The summed E-state index contributed by atoms with van der Waals surface area (Å²) in [6.45, 7) is -1.46. The Labute approximate surface area is 89.4 Å².